The van der Waals surface area contributed by atoms with Crippen molar-refractivity contribution in [2.45, 2.75) is 0 Å². The Kier molecular flexibility index (Phi) is 5.83. The molecular formula is C46H28N2OS. The third kappa shape index (κ3) is 3.97. The van der Waals surface area contributed by atoms with Crippen LogP contribution in [0.1, 0.15) is 0 Å². The second-order valence-electron chi connectivity index (χ2n) is 12.9. The van der Waals surface area contributed by atoms with Crippen molar-refractivity contribution < 1.29 is 4.42 Å². The van der Waals surface area contributed by atoms with Gasteiger partial charge in [0, 0.05) is 54.1 Å². The molecule has 3 heterocycles. The topological polar surface area (TPSA) is 21.3 Å². The van der Waals surface area contributed by atoms with Gasteiger partial charge in [-0.3, -0.25) is 0 Å². The Morgan fingerprint density at radius 2 is 1.14 bits per heavy atom. The first-order chi connectivity index (χ1) is 24.8. The van der Waals surface area contributed by atoms with Gasteiger partial charge in [-0.05, 0) is 83.6 Å². The van der Waals surface area contributed by atoms with Gasteiger partial charge in [-0.25, -0.2) is 0 Å². The fourth-order valence-corrected chi connectivity index (χ4v) is 9.17. The van der Waals surface area contributed by atoms with Gasteiger partial charge in [-0.2, -0.15) is 0 Å². The maximum atomic E-state index is 6.34. The number of anilines is 3. The summed E-state index contributed by atoms with van der Waals surface area (Å²) in [5.41, 5.74) is 8.74. The molecule has 0 bridgehead atoms. The van der Waals surface area contributed by atoms with Crippen molar-refractivity contribution in [2.24, 2.45) is 0 Å². The molecule has 11 rings (SSSR count). The quantitative estimate of drug-likeness (QED) is 0.188. The number of rotatable bonds is 4. The zero-order valence-corrected chi connectivity index (χ0v) is 27.7. The third-order valence-corrected chi connectivity index (χ3v) is 11.4. The molecule has 0 atom stereocenters. The summed E-state index contributed by atoms with van der Waals surface area (Å²) in [4.78, 5) is 2.45. The van der Waals surface area contributed by atoms with Gasteiger partial charge in [0.25, 0.3) is 0 Å². The molecule has 3 nitrogen and oxygen atoms in total. The predicted octanol–water partition coefficient (Wildman–Crippen LogP) is 13.7. The maximum absolute atomic E-state index is 6.34. The van der Waals surface area contributed by atoms with Gasteiger partial charge in [0.15, 0.2) is 0 Å². The fourth-order valence-electron chi connectivity index (χ4n) is 7.96. The summed E-state index contributed by atoms with van der Waals surface area (Å²) in [7, 11) is 0. The number of hydrogen-bond donors (Lipinski definition) is 0. The molecule has 50 heavy (non-hydrogen) atoms. The van der Waals surface area contributed by atoms with Gasteiger partial charge >= 0.3 is 0 Å². The Bertz CT molecular complexity index is 3110. The van der Waals surface area contributed by atoms with Crippen LogP contribution in [-0.2, 0) is 0 Å². The molecule has 3 aromatic heterocycles. The molecular weight excluding hydrogens is 629 g/mol. The van der Waals surface area contributed by atoms with E-state index in [1.54, 1.807) is 0 Å². The largest absolute Gasteiger partial charge is 0.456 e. The summed E-state index contributed by atoms with van der Waals surface area (Å²) >= 11 is 1.86. The molecule has 0 aliphatic carbocycles. The number of nitrogens with zero attached hydrogens (tertiary/aromatic N) is 2. The minimum absolute atomic E-state index is 0.907. The summed E-state index contributed by atoms with van der Waals surface area (Å²) in [6.45, 7) is 0. The van der Waals surface area contributed by atoms with E-state index in [-0.39, 0.29) is 0 Å². The number of aromatic nitrogens is 1. The van der Waals surface area contributed by atoms with Crippen molar-refractivity contribution in [1.82, 2.24) is 4.57 Å². The van der Waals surface area contributed by atoms with Gasteiger partial charge in [0.2, 0.25) is 0 Å². The van der Waals surface area contributed by atoms with Crippen LogP contribution in [0.25, 0.3) is 80.4 Å². The van der Waals surface area contributed by atoms with E-state index in [9.17, 15) is 0 Å². The van der Waals surface area contributed by atoms with Crippen LogP contribution >= 0.6 is 11.3 Å². The smallest absolute Gasteiger partial charge is 0.136 e. The lowest BCUT2D eigenvalue weighted by Crippen LogP contribution is -2.10. The van der Waals surface area contributed by atoms with E-state index in [4.69, 9.17) is 4.42 Å². The molecule has 234 valence electrons. The van der Waals surface area contributed by atoms with Gasteiger partial charge in [-0.15, -0.1) is 11.3 Å². The molecule has 4 heteroatoms. The van der Waals surface area contributed by atoms with Gasteiger partial charge in [0.05, 0.1) is 21.4 Å². The zero-order valence-electron chi connectivity index (χ0n) is 26.9. The summed E-state index contributed by atoms with van der Waals surface area (Å²) in [6.07, 6.45) is 0. The zero-order chi connectivity index (χ0) is 32.8. The molecule has 0 saturated heterocycles. The van der Waals surface area contributed by atoms with Crippen molar-refractivity contribution in [3.05, 3.63) is 170 Å². The molecule has 0 N–H and O–H groups in total. The first kappa shape index (κ1) is 27.6. The lowest BCUT2D eigenvalue weighted by molar-refractivity contribution is 0.669. The van der Waals surface area contributed by atoms with E-state index in [2.05, 4.69) is 173 Å². The molecule has 0 fully saturated rings. The Morgan fingerprint density at radius 1 is 0.460 bits per heavy atom. The standard InChI is InChI=1S/C46H28N2OS/c1-2-11-30(12-3-1)48-39-17-7-4-13-33(39)38-28-32(24-25-40(38)48)47(41-18-10-16-35-34-14-6-9-20-44(34)50-46(35)41)31-23-21-29-22-26-43-45(37(29)27-31)36-15-5-8-19-42(36)49-43/h1-28H. The van der Waals surface area contributed by atoms with Crippen LogP contribution in [0.15, 0.2) is 174 Å². The minimum atomic E-state index is 0.907. The fraction of sp³-hybridized carbons (Fsp3) is 0. The van der Waals surface area contributed by atoms with E-state index in [0.29, 0.717) is 0 Å². The van der Waals surface area contributed by atoms with Crippen LogP contribution in [0.2, 0.25) is 0 Å². The van der Waals surface area contributed by atoms with Crippen LogP contribution in [0.3, 0.4) is 0 Å². The van der Waals surface area contributed by atoms with Crippen LogP contribution in [-0.4, -0.2) is 4.57 Å². The van der Waals surface area contributed by atoms with Crippen molar-refractivity contribution in [1.29, 1.82) is 0 Å². The Balaban J connectivity index is 1.22. The van der Waals surface area contributed by atoms with Crippen molar-refractivity contribution >= 4 is 103 Å². The van der Waals surface area contributed by atoms with E-state index in [1.807, 2.05) is 17.4 Å². The van der Waals surface area contributed by atoms with E-state index < -0.39 is 0 Å². The van der Waals surface area contributed by atoms with Crippen molar-refractivity contribution in [3.63, 3.8) is 0 Å². The molecule has 11 aromatic rings. The average molecular weight is 657 g/mol. The second-order valence-corrected chi connectivity index (χ2v) is 14.0. The Labute approximate surface area is 291 Å². The number of hydrogen-bond acceptors (Lipinski definition) is 3. The molecule has 0 aliphatic rings. The number of thiophene rings is 1. The molecule has 0 radical (unpaired) electrons. The van der Waals surface area contributed by atoms with Crippen LogP contribution in [0.5, 0.6) is 0 Å². The number of fused-ring (bicyclic) bond motifs is 11. The Hall–Kier alpha value is -6.36. The van der Waals surface area contributed by atoms with Crippen LogP contribution < -0.4 is 4.90 Å². The molecule has 0 spiro atoms. The SMILES string of the molecule is c1ccc(-n2c3ccccc3c3cc(N(c4ccc5ccc6oc7ccccc7c6c5c4)c4cccc5c4sc4ccccc45)ccc32)cc1. The lowest BCUT2D eigenvalue weighted by atomic mass is 10.0. The summed E-state index contributed by atoms with van der Waals surface area (Å²) in [5.74, 6) is 0. The second kappa shape index (κ2) is 10.6. The Morgan fingerprint density at radius 3 is 2.04 bits per heavy atom. The van der Waals surface area contributed by atoms with Gasteiger partial charge < -0.3 is 13.9 Å². The molecule has 8 aromatic carbocycles. The molecule has 0 unspecified atom stereocenters. The highest BCUT2D eigenvalue weighted by molar-refractivity contribution is 7.26. The normalized spacial score (nSPS) is 12.0. The highest BCUT2D eigenvalue weighted by Gasteiger charge is 2.21. The number of furan rings is 1. The summed E-state index contributed by atoms with van der Waals surface area (Å²) in [5, 5.41) is 9.69. The highest BCUT2D eigenvalue weighted by Crippen LogP contribution is 2.47. The summed E-state index contributed by atoms with van der Waals surface area (Å²) in [6, 6.07) is 61.3. The lowest BCUT2D eigenvalue weighted by Gasteiger charge is -2.27. The number of para-hydroxylation sites is 3. The van der Waals surface area contributed by atoms with E-state index in [1.165, 1.54) is 58.4 Å². The van der Waals surface area contributed by atoms with Crippen LogP contribution in [0, 0.1) is 0 Å². The average Bonchev–Trinajstić information content (AvgIpc) is 3.85. The minimum Gasteiger partial charge on any atom is -0.456 e. The summed E-state index contributed by atoms with van der Waals surface area (Å²) < 4.78 is 11.3. The van der Waals surface area contributed by atoms with Crippen molar-refractivity contribution in [2.75, 3.05) is 4.90 Å². The van der Waals surface area contributed by atoms with E-state index in [0.717, 1.165) is 39.0 Å². The first-order valence-electron chi connectivity index (χ1n) is 16.9. The maximum Gasteiger partial charge on any atom is 0.136 e. The molecule has 0 amide bonds. The van der Waals surface area contributed by atoms with Gasteiger partial charge in [0.1, 0.15) is 11.2 Å². The molecule has 0 aliphatic heterocycles. The third-order valence-electron chi connectivity index (χ3n) is 10.2. The van der Waals surface area contributed by atoms with Gasteiger partial charge in [-0.1, -0.05) is 97.1 Å². The van der Waals surface area contributed by atoms with E-state index >= 15 is 0 Å². The van der Waals surface area contributed by atoms with Crippen molar-refractivity contribution in [3.8, 4) is 5.69 Å². The number of benzene rings is 8. The highest BCUT2D eigenvalue weighted by atomic mass is 32.1. The van der Waals surface area contributed by atoms with Crippen LogP contribution in [0.4, 0.5) is 17.1 Å². The first-order valence-corrected chi connectivity index (χ1v) is 17.7. The monoisotopic (exact) mass is 656 g/mol. The molecule has 0 saturated carbocycles. The predicted molar refractivity (Wildman–Crippen MR) is 213 cm³/mol.